The van der Waals surface area contributed by atoms with Crippen LogP contribution < -0.4 is 0 Å². The van der Waals surface area contributed by atoms with Gasteiger partial charge in [0.05, 0.1) is 11.9 Å². The van der Waals surface area contributed by atoms with Gasteiger partial charge in [-0.15, -0.1) is 11.3 Å². The maximum absolute atomic E-state index is 12.2. The van der Waals surface area contributed by atoms with Crippen molar-refractivity contribution in [3.05, 3.63) is 21.9 Å². The van der Waals surface area contributed by atoms with E-state index in [2.05, 4.69) is 17.2 Å². The minimum Gasteiger partial charge on any atom is -0.377 e. The fourth-order valence-electron chi connectivity index (χ4n) is 1.93. The average molecular weight is 322 g/mol. The van der Waals surface area contributed by atoms with Crippen molar-refractivity contribution in [1.82, 2.24) is 0 Å². The summed E-state index contributed by atoms with van der Waals surface area (Å²) >= 11 is 1.63. The van der Waals surface area contributed by atoms with Crippen molar-refractivity contribution in [2.75, 3.05) is 0 Å². The summed E-state index contributed by atoms with van der Waals surface area (Å²) in [6.45, 7) is 9.87. The van der Waals surface area contributed by atoms with Gasteiger partial charge in [0.15, 0.2) is 0 Å². The minimum atomic E-state index is -1.09. The summed E-state index contributed by atoms with van der Waals surface area (Å²) in [5.41, 5.74) is -0.375. The van der Waals surface area contributed by atoms with Crippen molar-refractivity contribution in [2.24, 2.45) is 15.7 Å². The largest absolute Gasteiger partial charge is 0.381 e. The maximum atomic E-state index is 12.2. The molecule has 2 heterocycles. The fourth-order valence-corrected chi connectivity index (χ4v) is 2.74. The maximum Gasteiger partial charge on any atom is 0.381 e. The van der Waals surface area contributed by atoms with Crippen LogP contribution in [0, 0.1) is 5.41 Å². The van der Waals surface area contributed by atoms with Gasteiger partial charge in [0.2, 0.25) is 5.60 Å². The summed E-state index contributed by atoms with van der Waals surface area (Å²) in [4.78, 5) is 24.7. The summed E-state index contributed by atoms with van der Waals surface area (Å²) in [5, 5.41) is 7.80. The molecule has 0 aliphatic carbocycles. The zero-order chi connectivity index (χ0) is 16.4. The second-order valence-electron chi connectivity index (χ2n) is 6.56. The molecule has 0 spiro atoms. The van der Waals surface area contributed by atoms with Crippen LogP contribution in [0.2, 0.25) is 0 Å². The fraction of sp³-hybridized carbons (Fsp3) is 0.562. The first kappa shape index (κ1) is 16.7. The molecule has 0 saturated heterocycles. The third-order valence-corrected chi connectivity index (χ3v) is 4.67. The molecule has 1 unspecified atom stereocenters. The highest BCUT2D eigenvalue weighted by molar-refractivity contribution is 7.13. The Hall–Kier alpha value is -1.69. The molecule has 1 aliphatic heterocycles. The second kappa shape index (κ2) is 6.20. The van der Waals surface area contributed by atoms with E-state index in [0.29, 0.717) is 6.42 Å². The zero-order valence-electron chi connectivity index (χ0n) is 13.7. The lowest BCUT2D eigenvalue weighted by Gasteiger charge is -2.20. The van der Waals surface area contributed by atoms with Crippen molar-refractivity contribution in [2.45, 2.75) is 53.1 Å². The van der Waals surface area contributed by atoms with E-state index in [0.717, 1.165) is 17.0 Å². The van der Waals surface area contributed by atoms with Crippen LogP contribution >= 0.6 is 11.3 Å². The van der Waals surface area contributed by atoms with E-state index in [1.54, 1.807) is 24.5 Å². The lowest BCUT2D eigenvalue weighted by Crippen LogP contribution is -2.37. The molecule has 1 aromatic heterocycles. The lowest BCUT2D eigenvalue weighted by molar-refractivity contribution is -0.167. The molecule has 0 bridgehead atoms. The molecular weight excluding hydrogens is 300 g/mol. The van der Waals surface area contributed by atoms with E-state index in [9.17, 15) is 4.79 Å². The lowest BCUT2D eigenvalue weighted by atomic mass is 9.84. The highest BCUT2D eigenvalue weighted by Crippen LogP contribution is 2.32. The van der Waals surface area contributed by atoms with Gasteiger partial charge in [-0.1, -0.05) is 38.0 Å². The van der Waals surface area contributed by atoms with Gasteiger partial charge in [-0.25, -0.2) is 4.79 Å². The Labute approximate surface area is 135 Å². The van der Waals surface area contributed by atoms with Gasteiger partial charge in [0.25, 0.3) is 0 Å². The molecule has 0 radical (unpaired) electrons. The first-order chi connectivity index (χ1) is 10.2. The van der Waals surface area contributed by atoms with E-state index in [4.69, 9.17) is 9.68 Å². The molecule has 5 nitrogen and oxygen atoms in total. The molecular formula is C16H22N2O3S. The Morgan fingerprint density at radius 1 is 1.55 bits per heavy atom. The SMILES string of the molecule is CCc1ccc(/C=N/OC(=O)C2(C)CC(C(C)(C)C)=NO2)s1. The van der Waals surface area contributed by atoms with E-state index >= 15 is 0 Å². The molecule has 0 amide bonds. The van der Waals surface area contributed by atoms with Crippen LogP contribution in [0.1, 0.15) is 50.8 Å². The summed E-state index contributed by atoms with van der Waals surface area (Å²) < 4.78 is 0. The average Bonchev–Trinajstić information content (AvgIpc) is 3.05. The Morgan fingerprint density at radius 2 is 2.27 bits per heavy atom. The summed E-state index contributed by atoms with van der Waals surface area (Å²) in [6.07, 6.45) is 2.95. The van der Waals surface area contributed by atoms with Crippen LogP contribution in [0.5, 0.6) is 0 Å². The monoisotopic (exact) mass is 322 g/mol. The van der Waals surface area contributed by atoms with Gasteiger partial charge < -0.3 is 9.68 Å². The predicted molar refractivity (Wildman–Crippen MR) is 88.4 cm³/mol. The van der Waals surface area contributed by atoms with Gasteiger partial charge in [-0.05, 0) is 25.5 Å². The van der Waals surface area contributed by atoms with Crippen LogP contribution in [0.4, 0.5) is 0 Å². The number of aryl methyl sites for hydroxylation is 1. The quantitative estimate of drug-likeness (QED) is 0.481. The molecule has 0 N–H and O–H groups in total. The van der Waals surface area contributed by atoms with Crippen LogP contribution in [0.15, 0.2) is 22.4 Å². The second-order valence-corrected chi connectivity index (χ2v) is 7.76. The summed E-state index contributed by atoms with van der Waals surface area (Å²) in [6, 6.07) is 3.99. The first-order valence-corrected chi connectivity index (χ1v) is 8.15. The summed E-state index contributed by atoms with van der Waals surface area (Å²) in [7, 11) is 0. The van der Waals surface area contributed by atoms with Gasteiger partial charge in [-0.2, -0.15) is 0 Å². The van der Waals surface area contributed by atoms with Gasteiger partial charge in [-0.3, -0.25) is 0 Å². The highest BCUT2D eigenvalue weighted by atomic mass is 32.1. The molecule has 2 rings (SSSR count). The number of hydrogen-bond acceptors (Lipinski definition) is 6. The van der Waals surface area contributed by atoms with Crippen LogP contribution in [-0.2, 0) is 20.9 Å². The Bertz CT molecular complexity index is 613. The molecule has 1 aliphatic rings. The number of hydrogen-bond donors (Lipinski definition) is 0. The van der Waals surface area contributed by atoms with E-state index in [1.165, 1.54) is 4.88 Å². The predicted octanol–water partition coefficient (Wildman–Crippen LogP) is 3.77. The first-order valence-electron chi connectivity index (χ1n) is 7.33. The Balaban J connectivity index is 1.93. The molecule has 120 valence electrons. The zero-order valence-corrected chi connectivity index (χ0v) is 14.5. The molecule has 0 saturated carbocycles. The Kier molecular flexibility index (Phi) is 4.70. The van der Waals surface area contributed by atoms with Crippen molar-refractivity contribution in [1.29, 1.82) is 0 Å². The van der Waals surface area contributed by atoms with E-state index < -0.39 is 11.6 Å². The standard InChI is InChI=1S/C16H22N2O3S/c1-6-11-7-8-12(22-11)10-17-20-14(19)16(5)9-13(18-21-16)15(2,3)4/h7-8,10H,6,9H2,1-5H3/b17-10+. The third kappa shape index (κ3) is 3.74. The van der Waals surface area contributed by atoms with Crippen LogP contribution in [0.3, 0.4) is 0 Å². The molecule has 6 heteroatoms. The number of oxime groups is 2. The van der Waals surface area contributed by atoms with E-state index in [-0.39, 0.29) is 5.41 Å². The normalized spacial score (nSPS) is 21.8. The third-order valence-electron chi connectivity index (χ3n) is 3.51. The Morgan fingerprint density at radius 3 is 2.82 bits per heavy atom. The van der Waals surface area contributed by atoms with Crippen molar-refractivity contribution < 1.29 is 14.5 Å². The molecule has 0 aromatic carbocycles. The molecule has 22 heavy (non-hydrogen) atoms. The molecule has 1 aromatic rings. The molecule has 1 atom stereocenters. The van der Waals surface area contributed by atoms with Crippen molar-refractivity contribution >= 4 is 29.2 Å². The van der Waals surface area contributed by atoms with Crippen molar-refractivity contribution in [3.63, 3.8) is 0 Å². The van der Waals surface area contributed by atoms with Gasteiger partial charge >= 0.3 is 5.97 Å². The van der Waals surface area contributed by atoms with Gasteiger partial charge in [0.1, 0.15) is 0 Å². The number of thiophene rings is 1. The number of carbonyl (C=O) groups excluding carboxylic acids is 1. The number of nitrogens with zero attached hydrogens (tertiary/aromatic N) is 2. The topological polar surface area (TPSA) is 60.2 Å². The number of rotatable bonds is 4. The van der Waals surface area contributed by atoms with Crippen LogP contribution in [-0.4, -0.2) is 23.5 Å². The smallest absolute Gasteiger partial charge is 0.377 e. The summed E-state index contributed by atoms with van der Waals surface area (Å²) in [5.74, 6) is -0.529. The van der Waals surface area contributed by atoms with Gasteiger partial charge in [0, 0.05) is 21.6 Å². The minimum absolute atomic E-state index is 0.130. The number of carbonyl (C=O) groups is 1. The molecule has 0 fully saturated rings. The van der Waals surface area contributed by atoms with E-state index in [1.807, 2.05) is 32.9 Å². The highest BCUT2D eigenvalue weighted by Gasteiger charge is 2.46. The van der Waals surface area contributed by atoms with Crippen LogP contribution in [0.25, 0.3) is 0 Å². The van der Waals surface area contributed by atoms with Crippen molar-refractivity contribution in [3.8, 4) is 0 Å².